The Bertz CT molecular complexity index is 465. The van der Waals surface area contributed by atoms with Gasteiger partial charge in [-0.15, -0.1) is 0 Å². The lowest BCUT2D eigenvalue weighted by Crippen LogP contribution is -2.42. The van der Waals surface area contributed by atoms with E-state index in [9.17, 15) is 5.26 Å². The van der Waals surface area contributed by atoms with Crippen molar-refractivity contribution in [2.24, 2.45) is 11.7 Å². The van der Waals surface area contributed by atoms with Gasteiger partial charge < -0.3 is 10.6 Å². The van der Waals surface area contributed by atoms with Gasteiger partial charge in [-0.1, -0.05) is 15.9 Å². The molecule has 0 aromatic heterocycles. The number of nitrogens with two attached hydrogens (primary N) is 1. The van der Waals surface area contributed by atoms with E-state index in [4.69, 9.17) is 5.73 Å². The van der Waals surface area contributed by atoms with Gasteiger partial charge in [0.25, 0.3) is 0 Å². The summed E-state index contributed by atoms with van der Waals surface area (Å²) in [7, 11) is 0. The molecular formula is C14H18BrN3. The van der Waals surface area contributed by atoms with Crippen LogP contribution in [0.1, 0.15) is 25.3 Å². The van der Waals surface area contributed by atoms with Crippen molar-refractivity contribution in [1.29, 1.82) is 5.26 Å². The highest BCUT2D eigenvalue weighted by Gasteiger charge is 2.24. The van der Waals surface area contributed by atoms with Crippen LogP contribution in [0.3, 0.4) is 0 Å². The fraction of sp³-hybridized carbons (Fsp3) is 0.500. The van der Waals surface area contributed by atoms with E-state index >= 15 is 0 Å². The first kappa shape index (κ1) is 13.4. The highest BCUT2D eigenvalue weighted by molar-refractivity contribution is 9.10. The molecule has 1 aliphatic rings. The Labute approximate surface area is 117 Å². The van der Waals surface area contributed by atoms with Crippen molar-refractivity contribution >= 4 is 21.6 Å². The summed E-state index contributed by atoms with van der Waals surface area (Å²) in [4.78, 5) is 2.29. The normalized spacial score (nSPS) is 21.4. The van der Waals surface area contributed by atoms with E-state index in [0.717, 1.165) is 35.2 Å². The second-order valence-corrected chi connectivity index (χ2v) is 5.90. The molecule has 0 saturated carbocycles. The molecule has 1 aromatic carbocycles. The van der Waals surface area contributed by atoms with Crippen LogP contribution in [0.4, 0.5) is 5.69 Å². The molecule has 2 unspecified atom stereocenters. The molecule has 2 N–H and O–H groups in total. The van der Waals surface area contributed by atoms with Crippen molar-refractivity contribution < 1.29 is 0 Å². The van der Waals surface area contributed by atoms with Crippen LogP contribution in [0.15, 0.2) is 22.7 Å². The summed E-state index contributed by atoms with van der Waals surface area (Å²) in [6.45, 7) is 4.04. The maximum absolute atomic E-state index is 9.23. The van der Waals surface area contributed by atoms with Gasteiger partial charge in [0.1, 0.15) is 6.07 Å². The Hall–Kier alpha value is -1.05. The second-order valence-electron chi connectivity index (χ2n) is 4.98. The van der Waals surface area contributed by atoms with Gasteiger partial charge in [0, 0.05) is 23.6 Å². The Morgan fingerprint density at radius 2 is 2.33 bits per heavy atom. The number of benzene rings is 1. The summed E-state index contributed by atoms with van der Waals surface area (Å²) in [6.07, 6.45) is 2.33. The van der Waals surface area contributed by atoms with Gasteiger partial charge in [0.2, 0.25) is 0 Å². The smallest absolute Gasteiger partial charge is 0.101 e. The number of piperidine rings is 1. The molecule has 18 heavy (non-hydrogen) atoms. The average molecular weight is 308 g/mol. The Kier molecular flexibility index (Phi) is 4.26. The maximum Gasteiger partial charge on any atom is 0.101 e. The van der Waals surface area contributed by atoms with Crippen LogP contribution in [0.2, 0.25) is 0 Å². The van der Waals surface area contributed by atoms with E-state index < -0.39 is 0 Å². The Balaban J connectivity index is 2.23. The first-order valence-electron chi connectivity index (χ1n) is 6.32. The molecule has 0 amide bonds. The zero-order valence-electron chi connectivity index (χ0n) is 10.6. The third kappa shape index (κ3) is 2.85. The van der Waals surface area contributed by atoms with Crippen LogP contribution in [0.25, 0.3) is 0 Å². The molecule has 3 nitrogen and oxygen atoms in total. The number of nitriles is 1. The standard InChI is InChI=1S/C14H18BrN3/c1-10(17)11-3-2-6-18(9-11)14-5-4-13(15)7-12(14)8-16/h4-5,7,10-11H,2-3,6,9,17H2,1H3. The van der Waals surface area contributed by atoms with Gasteiger partial charge in [-0.05, 0) is 43.9 Å². The van der Waals surface area contributed by atoms with Crippen LogP contribution < -0.4 is 10.6 Å². The van der Waals surface area contributed by atoms with E-state index in [0.29, 0.717) is 5.92 Å². The quantitative estimate of drug-likeness (QED) is 0.914. The fourth-order valence-electron chi connectivity index (χ4n) is 2.53. The van der Waals surface area contributed by atoms with Crippen molar-refractivity contribution in [3.05, 3.63) is 28.2 Å². The van der Waals surface area contributed by atoms with Crippen LogP contribution in [-0.2, 0) is 0 Å². The Morgan fingerprint density at radius 3 is 3.00 bits per heavy atom. The summed E-state index contributed by atoms with van der Waals surface area (Å²) in [5.41, 5.74) is 7.77. The third-order valence-corrected chi connectivity index (χ3v) is 4.11. The monoisotopic (exact) mass is 307 g/mol. The number of nitrogens with zero attached hydrogens (tertiary/aromatic N) is 2. The minimum atomic E-state index is 0.216. The number of hydrogen-bond donors (Lipinski definition) is 1. The first-order chi connectivity index (χ1) is 8.61. The van der Waals surface area contributed by atoms with Crippen molar-refractivity contribution in [3.8, 4) is 6.07 Å². The van der Waals surface area contributed by atoms with Gasteiger partial charge in [0.05, 0.1) is 11.3 Å². The highest BCUT2D eigenvalue weighted by Crippen LogP contribution is 2.29. The van der Waals surface area contributed by atoms with Crippen LogP contribution in [0.5, 0.6) is 0 Å². The summed E-state index contributed by atoms with van der Waals surface area (Å²) in [5.74, 6) is 0.522. The summed E-state index contributed by atoms with van der Waals surface area (Å²) in [5, 5.41) is 9.23. The minimum Gasteiger partial charge on any atom is -0.370 e. The summed E-state index contributed by atoms with van der Waals surface area (Å²) >= 11 is 3.41. The van der Waals surface area contributed by atoms with Crippen molar-refractivity contribution in [2.75, 3.05) is 18.0 Å². The van der Waals surface area contributed by atoms with Crippen LogP contribution in [-0.4, -0.2) is 19.1 Å². The Morgan fingerprint density at radius 1 is 1.56 bits per heavy atom. The fourth-order valence-corrected chi connectivity index (χ4v) is 2.89. The van der Waals surface area contributed by atoms with Crippen molar-refractivity contribution in [3.63, 3.8) is 0 Å². The third-order valence-electron chi connectivity index (χ3n) is 3.62. The average Bonchev–Trinajstić information content (AvgIpc) is 2.38. The van der Waals surface area contributed by atoms with E-state index in [-0.39, 0.29) is 6.04 Å². The molecule has 0 radical (unpaired) electrons. The molecule has 1 saturated heterocycles. The number of anilines is 1. The summed E-state index contributed by atoms with van der Waals surface area (Å²) < 4.78 is 0.948. The molecule has 2 rings (SSSR count). The predicted molar refractivity (Wildman–Crippen MR) is 77.4 cm³/mol. The molecular weight excluding hydrogens is 290 g/mol. The molecule has 1 aliphatic heterocycles. The van der Waals surface area contributed by atoms with Gasteiger partial charge >= 0.3 is 0 Å². The zero-order valence-corrected chi connectivity index (χ0v) is 12.2. The van der Waals surface area contributed by atoms with E-state index in [1.54, 1.807) is 0 Å². The van der Waals surface area contributed by atoms with Crippen molar-refractivity contribution in [1.82, 2.24) is 0 Å². The predicted octanol–water partition coefficient (Wildman–Crippen LogP) is 2.88. The lowest BCUT2D eigenvalue weighted by atomic mass is 9.91. The van der Waals surface area contributed by atoms with Gasteiger partial charge in [-0.2, -0.15) is 5.26 Å². The first-order valence-corrected chi connectivity index (χ1v) is 7.11. The minimum absolute atomic E-state index is 0.216. The largest absolute Gasteiger partial charge is 0.370 e. The molecule has 0 bridgehead atoms. The zero-order chi connectivity index (χ0) is 13.1. The SMILES string of the molecule is CC(N)C1CCCN(c2ccc(Br)cc2C#N)C1. The van der Waals surface area contributed by atoms with Crippen LogP contribution in [0, 0.1) is 17.2 Å². The number of hydrogen-bond acceptors (Lipinski definition) is 3. The summed E-state index contributed by atoms with van der Waals surface area (Å²) in [6, 6.07) is 8.38. The molecule has 1 fully saturated rings. The number of halogens is 1. The van der Waals surface area contributed by atoms with Crippen molar-refractivity contribution in [2.45, 2.75) is 25.8 Å². The van der Waals surface area contributed by atoms with E-state index in [1.807, 2.05) is 18.2 Å². The lowest BCUT2D eigenvalue weighted by Gasteiger charge is -2.36. The van der Waals surface area contributed by atoms with Gasteiger partial charge in [0.15, 0.2) is 0 Å². The second kappa shape index (κ2) is 5.73. The molecule has 2 atom stereocenters. The molecule has 0 spiro atoms. The maximum atomic E-state index is 9.23. The molecule has 1 heterocycles. The van der Waals surface area contributed by atoms with Gasteiger partial charge in [-0.3, -0.25) is 0 Å². The number of rotatable bonds is 2. The molecule has 1 aromatic rings. The molecule has 4 heteroatoms. The van der Waals surface area contributed by atoms with E-state index in [1.165, 1.54) is 6.42 Å². The van der Waals surface area contributed by atoms with E-state index in [2.05, 4.69) is 33.8 Å². The molecule has 96 valence electrons. The lowest BCUT2D eigenvalue weighted by molar-refractivity contribution is 0.364. The van der Waals surface area contributed by atoms with Gasteiger partial charge in [-0.25, -0.2) is 0 Å². The highest BCUT2D eigenvalue weighted by atomic mass is 79.9. The van der Waals surface area contributed by atoms with Crippen LogP contribution >= 0.6 is 15.9 Å². The molecule has 0 aliphatic carbocycles. The topological polar surface area (TPSA) is 53.0 Å².